The summed E-state index contributed by atoms with van der Waals surface area (Å²) in [4.78, 5) is 0. The van der Waals surface area contributed by atoms with Crippen molar-refractivity contribution >= 4 is 0 Å². The lowest BCUT2D eigenvalue weighted by Crippen LogP contribution is -2.46. The summed E-state index contributed by atoms with van der Waals surface area (Å²) in [5.41, 5.74) is 0.480. The van der Waals surface area contributed by atoms with Gasteiger partial charge in [0.15, 0.2) is 0 Å². The standard InChI is InChI=1S/C11H23N/c1-5-10-9(11(2,3)4)7-6-8-12-10/h9-10,12H,5-8H2,1-4H3/t9-,10+/m0/s1. The quantitative estimate of drug-likeness (QED) is 0.636. The fourth-order valence-electron chi connectivity index (χ4n) is 2.42. The summed E-state index contributed by atoms with van der Waals surface area (Å²) < 4.78 is 0. The lowest BCUT2D eigenvalue weighted by atomic mass is 9.71. The predicted octanol–water partition coefficient (Wildman–Crippen LogP) is 2.81. The lowest BCUT2D eigenvalue weighted by molar-refractivity contribution is 0.136. The number of piperidine rings is 1. The maximum absolute atomic E-state index is 3.63. The second-order valence-corrected chi connectivity index (χ2v) is 5.08. The molecule has 0 aromatic carbocycles. The molecule has 1 fully saturated rings. The molecule has 0 amide bonds. The number of nitrogens with one attached hydrogen (secondary N) is 1. The van der Waals surface area contributed by atoms with Crippen molar-refractivity contribution in [1.29, 1.82) is 0 Å². The van der Waals surface area contributed by atoms with Crippen molar-refractivity contribution in [3.8, 4) is 0 Å². The fourth-order valence-corrected chi connectivity index (χ4v) is 2.42. The second kappa shape index (κ2) is 3.78. The molecule has 1 nitrogen and oxygen atoms in total. The van der Waals surface area contributed by atoms with E-state index in [0.29, 0.717) is 5.41 Å². The Kier molecular flexibility index (Phi) is 3.16. The van der Waals surface area contributed by atoms with Gasteiger partial charge >= 0.3 is 0 Å². The van der Waals surface area contributed by atoms with Crippen LogP contribution in [0.25, 0.3) is 0 Å². The van der Waals surface area contributed by atoms with Crippen molar-refractivity contribution in [2.75, 3.05) is 6.54 Å². The molecule has 0 unspecified atom stereocenters. The van der Waals surface area contributed by atoms with Gasteiger partial charge in [-0.25, -0.2) is 0 Å². The average Bonchev–Trinajstić information content (AvgIpc) is 2.03. The van der Waals surface area contributed by atoms with Crippen molar-refractivity contribution in [2.24, 2.45) is 11.3 Å². The molecule has 1 aliphatic rings. The van der Waals surface area contributed by atoms with Crippen LogP contribution >= 0.6 is 0 Å². The average molecular weight is 169 g/mol. The molecule has 0 spiro atoms. The smallest absolute Gasteiger partial charge is 0.00977 e. The van der Waals surface area contributed by atoms with Gasteiger partial charge in [-0.2, -0.15) is 0 Å². The number of hydrogen-bond acceptors (Lipinski definition) is 1. The Labute approximate surface area is 76.9 Å². The minimum Gasteiger partial charge on any atom is -0.314 e. The molecule has 0 aliphatic carbocycles. The summed E-state index contributed by atoms with van der Waals surface area (Å²) in [5, 5.41) is 3.63. The second-order valence-electron chi connectivity index (χ2n) is 5.08. The Morgan fingerprint density at radius 3 is 2.42 bits per heavy atom. The minimum atomic E-state index is 0.480. The highest BCUT2D eigenvalue weighted by Crippen LogP contribution is 2.35. The largest absolute Gasteiger partial charge is 0.314 e. The molecule has 0 radical (unpaired) electrons. The first-order valence-electron chi connectivity index (χ1n) is 5.29. The molecule has 12 heavy (non-hydrogen) atoms. The van der Waals surface area contributed by atoms with E-state index in [1.807, 2.05) is 0 Å². The third-order valence-electron chi connectivity index (χ3n) is 3.14. The first kappa shape index (κ1) is 10.0. The third kappa shape index (κ3) is 2.22. The van der Waals surface area contributed by atoms with E-state index < -0.39 is 0 Å². The van der Waals surface area contributed by atoms with Gasteiger partial charge in [0.1, 0.15) is 0 Å². The number of rotatable bonds is 1. The molecular weight excluding hydrogens is 146 g/mol. The summed E-state index contributed by atoms with van der Waals surface area (Å²) in [7, 11) is 0. The van der Waals surface area contributed by atoms with Crippen molar-refractivity contribution in [3.05, 3.63) is 0 Å². The van der Waals surface area contributed by atoms with E-state index in [4.69, 9.17) is 0 Å². The summed E-state index contributed by atoms with van der Waals surface area (Å²) >= 11 is 0. The summed E-state index contributed by atoms with van der Waals surface area (Å²) in [6.07, 6.45) is 4.05. The van der Waals surface area contributed by atoms with Crippen molar-refractivity contribution in [3.63, 3.8) is 0 Å². The van der Waals surface area contributed by atoms with Gasteiger partial charge in [0.2, 0.25) is 0 Å². The molecule has 1 heteroatoms. The normalized spacial score (nSPS) is 32.0. The monoisotopic (exact) mass is 169 g/mol. The topological polar surface area (TPSA) is 12.0 Å². The Morgan fingerprint density at radius 2 is 2.00 bits per heavy atom. The highest BCUT2D eigenvalue weighted by Gasteiger charge is 2.32. The molecule has 0 aromatic heterocycles. The van der Waals surface area contributed by atoms with Gasteiger partial charge < -0.3 is 5.32 Å². The Bertz CT molecular complexity index is 134. The highest BCUT2D eigenvalue weighted by atomic mass is 14.9. The Morgan fingerprint density at radius 1 is 1.33 bits per heavy atom. The van der Waals surface area contributed by atoms with Crippen LogP contribution in [0.2, 0.25) is 0 Å². The molecule has 1 rings (SSSR count). The molecular formula is C11H23N. The molecule has 1 heterocycles. The number of hydrogen-bond donors (Lipinski definition) is 1. The van der Waals surface area contributed by atoms with Crippen molar-refractivity contribution in [1.82, 2.24) is 5.32 Å². The summed E-state index contributed by atoms with van der Waals surface area (Å²) in [6, 6.07) is 0.763. The molecule has 2 atom stereocenters. The van der Waals surface area contributed by atoms with Gasteiger partial charge in [-0.15, -0.1) is 0 Å². The first-order chi connectivity index (χ1) is 5.55. The van der Waals surface area contributed by atoms with Gasteiger partial charge in [-0.1, -0.05) is 27.7 Å². The van der Waals surface area contributed by atoms with Crippen LogP contribution in [0.15, 0.2) is 0 Å². The van der Waals surface area contributed by atoms with E-state index >= 15 is 0 Å². The summed E-state index contributed by atoms with van der Waals surface area (Å²) in [6.45, 7) is 10.6. The zero-order chi connectivity index (χ0) is 9.19. The molecule has 0 bridgehead atoms. The zero-order valence-electron chi connectivity index (χ0n) is 8.98. The van der Waals surface area contributed by atoms with Gasteiger partial charge in [0, 0.05) is 6.04 Å². The molecule has 72 valence electrons. The van der Waals surface area contributed by atoms with Crippen LogP contribution in [0, 0.1) is 11.3 Å². The van der Waals surface area contributed by atoms with Crippen LogP contribution in [-0.2, 0) is 0 Å². The molecule has 1 saturated heterocycles. The summed E-state index contributed by atoms with van der Waals surface area (Å²) in [5.74, 6) is 0.872. The maximum atomic E-state index is 3.63. The third-order valence-corrected chi connectivity index (χ3v) is 3.14. The predicted molar refractivity (Wildman–Crippen MR) is 54.3 cm³/mol. The van der Waals surface area contributed by atoms with E-state index in [9.17, 15) is 0 Å². The maximum Gasteiger partial charge on any atom is 0.00977 e. The van der Waals surface area contributed by atoms with E-state index in [2.05, 4.69) is 33.0 Å². The zero-order valence-corrected chi connectivity index (χ0v) is 8.98. The Balaban J connectivity index is 2.59. The fraction of sp³-hybridized carbons (Fsp3) is 1.00. The van der Waals surface area contributed by atoms with Gasteiger partial charge in [0.05, 0.1) is 0 Å². The van der Waals surface area contributed by atoms with Crippen LogP contribution in [0.3, 0.4) is 0 Å². The van der Waals surface area contributed by atoms with E-state index in [-0.39, 0.29) is 0 Å². The minimum absolute atomic E-state index is 0.480. The Hall–Kier alpha value is -0.0400. The van der Waals surface area contributed by atoms with Crippen LogP contribution in [0.1, 0.15) is 47.0 Å². The first-order valence-corrected chi connectivity index (χ1v) is 5.29. The van der Waals surface area contributed by atoms with Crippen LogP contribution in [-0.4, -0.2) is 12.6 Å². The SMILES string of the molecule is CC[C@H]1NCCC[C@@H]1C(C)(C)C. The van der Waals surface area contributed by atoms with Crippen molar-refractivity contribution in [2.45, 2.75) is 53.0 Å². The highest BCUT2D eigenvalue weighted by molar-refractivity contribution is 4.87. The van der Waals surface area contributed by atoms with Crippen LogP contribution in [0.5, 0.6) is 0 Å². The van der Waals surface area contributed by atoms with Gasteiger partial charge in [-0.3, -0.25) is 0 Å². The van der Waals surface area contributed by atoms with Crippen molar-refractivity contribution < 1.29 is 0 Å². The van der Waals surface area contributed by atoms with Crippen LogP contribution in [0.4, 0.5) is 0 Å². The molecule has 1 N–H and O–H groups in total. The van der Waals surface area contributed by atoms with Gasteiger partial charge in [0.25, 0.3) is 0 Å². The molecule has 0 aromatic rings. The van der Waals surface area contributed by atoms with E-state index in [0.717, 1.165) is 12.0 Å². The van der Waals surface area contributed by atoms with Crippen LogP contribution < -0.4 is 5.32 Å². The molecule has 0 saturated carbocycles. The lowest BCUT2D eigenvalue weighted by Gasteiger charge is -2.40. The van der Waals surface area contributed by atoms with E-state index in [1.54, 1.807) is 0 Å². The molecule has 1 aliphatic heterocycles. The van der Waals surface area contributed by atoms with Gasteiger partial charge in [-0.05, 0) is 37.1 Å². The van der Waals surface area contributed by atoms with E-state index in [1.165, 1.54) is 25.8 Å².